The Morgan fingerprint density at radius 3 is 2.64 bits per heavy atom. The number of ether oxygens (including phenoxy) is 1. The number of carbonyl (C=O) groups is 1. The van der Waals surface area contributed by atoms with Crippen LogP contribution in [0.5, 0.6) is 0 Å². The monoisotopic (exact) mass is 367 g/mol. The van der Waals surface area contributed by atoms with E-state index in [1.165, 1.54) is 0 Å². The molecule has 1 aromatic rings. The summed E-state index contributed by atoms with van der Waals surface area (Å²) >= 11 is 0. The lowest BCUT2D eigenvalue weighted by Gasteiger charge is -2.40. The standard InChI is InChI=1S/C17H25N3O4S/c1-13-10-19(11-14-6-9-24-12-14)7-8-20(13)17(21)15-2-4-16(5-3-15)18-25(22)23/h2-5,13-14,25H,6-12H2,1H3,(H,18,22,23)/t13-,14?/m1/s1. The van der Waals surface area contributed by atoms with E-state index in [1.54, 1.807) is 24.3 Å². The molecule has 0 radical (unpaired) electrons. The van der Waals surface area contributed by atoms with Gasteiger partial charge < -0.3 is 9.64 Å². The molecule has 1 unspecified atom stereocenters. The molecule has 7 nitrogen and oxygen atoms in total. The van der Waals surface area contributed by atoms with Crippen LogP contribution in [0.2, 0.25) is 0 Å². The minimum atomic E-state index is -2.69. The highest BCUT2D eigenvalue weighted by molar-refractivity contribution is 7.73. The maximum atomic E-state index is 12.7. The van der Waals surface area contributed by atoms with E-state index in [9.17, 15) is 13.2 Å². The van der Waals surface area contributed by atoms with Crippen LogP contribution in [0.4, 0.5) is 5.69 Å². The number of piperazine rings is 1. The van der Waals surface area contributed by atoms with E-state index in [1.807, 2.05) is 4.90 Å². The van der Waals surface area contributed by atoms with E-state index in [2.05, 4.69) is 16.5 Å². The fourth-order valence-electron chi connectivity index (χ4n) is 3.55. The van der Waals surface area contributed by atoms with Crippen LogP contribution < -0.4 is 4.72 Å². The second-order valence-corrected chi connectivity index (χ2v) is 7.52. The van der Waals surface area contributed by atoms with E-state index < -0.39 is 10.9 Å². The summed E-state index contributed by atoms with van der Waals surface area (Å²) in [6.45, 7) is 7.29. The summed E-state index contributed by atoms with van der Waals surface area (Å²) in [6, 6.07) is 6.70. The Kier molecular flexibility index (Phi) is 5.93. The van der Waals surface area contributed by atoms with Crippen LogP contribution in [0.15, 0.2) is 24.3 Å². The maximum absolute atomic E-state index is 12.7. The summed E-state index contributed by atoms with van der Waals surface area (Å²) < 4.78 is 29.1. The Labute approximate surface area is 150 Å². The van der Waals surface area contributed by atoms with Gasteiger partial charge in [0.1, 0.15) is 0 Å². The largest absolute Gasteiger partial charge is 0.381 e. The Morgan fingerprint density at radius 2 is 2.04 bits per heavy atom. The number of benzene rings is 1. The van der Waals surface area contributed by atoms with E-state index in [4.69, 9.17) is 4.74 Å². The van der Waals surface area contributed by atoms with Crippen LogP contribution in [0.25, 0.3) is 0 Å². The average Bonchev–Trinajstić information content (AvgIpc) is 3.07. The molecule has 2 heterocycles. The number of rotatable bonds is 5. The van der Waals surface area contributed by atoms with Crippen LogP contribution in [0.1, 0.15) is 23.7 Å². The van der Waals surface area contributed by atoms with Gasteiger partial charge in [0.25, 0.3) is 5.91 Å². The minimum absolute atomic E-state index is 0.00518. The lowest BCUT2D eigenvalue weighted by molar-refractivity contribution is 0.0452. The molecule has 3 rings (SSSR count). The van der Waals surface area contributed by atoms with Crippen molar-refractivity contribution in [3.05, 3.63) is 29.8 Å². The van der Waals surface area contributed by atoms with Crippen molar-refractivity contribution in [1.82, 2.24) is 9.80 Å². The summed E-state index contributed by atoms with van der Waals surface area (Å²) in [5.41, 5.74) is 1.04. The molecular weight excluding hydrogens is 342 g/mol. The van der Waals surface area contributed by atoms with Gasteiger partial charge in [-0.15, -0.1) is 0 Å². The molecular formula is C17H25N3O4S. The van der Waals surface area contributed by atoms with Crippen molar-refractivity contribution in [2.45, 2.75) is 19.4 Å². The quantitative estimate of drug-likeness (QED) is 0.753. The molecule has 2 aliphatic heterocycles. The zero-order valence-electron chi connectivity index (χ0n) is 14.4. The molecule has 2 saturated heterocycles. The van der Waals surface area contributed by atoms with Crippen LogP contribution in [0.3, 0.4) is 0 Å². The van der Waals surface area contributed by atoms with Gasteiger partial charge in [0.2, 0.25) is 10.9 Å². The predicted molar refractivity (Wildman–Crippen MR) is 96.2 cm³/mol. The summed E-state index contributed by atoms with van der Waals surface area (Å²) in [6.07, 6.45) is 1.13. The van der Waals surface area contributed by atoms with Crippen LogP contribution in [-0.2, 0) is 15.6 Å². The lowest BCUT2D eigenvalue weighted by atomic mass is 10.1. The second kappa shape index (κ2) is 8.16. The molecule has 2 aliphatic rings. The third kappa shape index (κ3) is 4.71. The van der Waals surface area contributed by atoms with E-state index in [-0.39, 0.29) is 11.9 Å². The summed E-state index contributed by atoms with van der Waals surface area (Å²) in [5, 5.41) is 0. The molecule has 1 aromatic carbocycles. The van der Waals surface area contributed by atoms with Crippen molar-refractivity contribution in [2.24, 2.45) is 5.92 Å². The minimum Gasteiger partial charge on any atom is -0.381 e. The lowest BCUT2D eigenvalue weighted by Crippen LogP contribution is -2.54. The summed E-state index contributed by atoms with van der Waals surface area (Å²) in [7, 11) is -2.69. The maximum Gasteiger partial charge on any atom is 0.254 e. The average molecular weight is 367 g/mol. The summed E-state index contributed by atoms with van der Waals surface area (Å²) in [4.78, 5) is 17.1. The smallest absolute Gasteiger partial charge is 0.254 e. The van der Waals surface area contributed by atoms with Crippen molar-refractivity contribution in [1.29, 1.82) is 0 Å². The highest BCUT2D eigenvalue weighted by Gasteiger charge is 2.29. The molecule has 2 atom stereocenters. The third-order valence-corrected chi connectivity index (χ3v) is 5.31. The number of hydrogen-bond donors (Lipinski definition) is 2. The van der Waals surface area contributed by atoms with Gasteiger partial charge in [-0.05, 0) is 43.5 Å². The number of anilines is 1. The van der Waals surface area contributed by atoms with E-state index in [0.29, 0.717) is 23.7 Å². The zero-order valence-corrected chi connectivity index (χ0v) is 15.3. The number of hydrogen-bond acceptors (Lipinski definition) is 5. The van der Waals surface area contributed by atoms with Gasteiger partial charge >= 0.3 is 0 Å². The Hall–Kier alpha value is -1.64. The first-order valence-corrected chi connectivity index (χ1v) is 9.83. The predicted octanol–water partition coefficient (Wildman–Crippen LogP) is 0.808. The Bertz CT molecular complexity index is 663. The molecule has 1 N–H and O–H groups in total. The molecule has 2 fully saturated rings. The third-order valence-electron chi connectivity index (χ3n) is 4.87. The fourth-order valence-corrected chi connectivity index (χ4v) is 3.91. The number of amides is 1. The Morgan fingerprint density at radius 1 is 1.28 bits per heavy atom. The number of nitrogens with one attached hydrogen (secondary N) is 1. The number of nitrogens with zero attached hydrogens (tertiary/aromatic N) is 2. The van der Waals surface area contributed by atoms with Gasteiger partial charge in [-0.2, -0.15) is 0 Å². The normalized spacial score (nSPS) is 24.6. The van der Waals surface area contributed by atoms with E-state index >= 15 is 0 Å². The molecule has 138 valence electrons. The van der Waals surface area contributed by atoms with Gasteiger partial charge in [-0.25, -0.2) is 8.42 Å². The van der Waals surface area contributed by atoms with Crippen molar-refractivity contribution in [3.63, 3.8) is 0 Å². The SMILES string of the molecule is C[C@@H]1CN(CC2CCOC2)CCN1C(=O)c1ccc(N[SH](=O)=O)cc1. The second-order valence-electron chi connectivity index (χ2n) is 6.78. The van der Waals surface area contributed by atoms with Crippen LogP contribution in [-0.4, -0.2) is 69.6 Å². The first kappa shape index (κ1) is 18.2. The molecule has 0 aromatic heterocycles. The highest BCUT2D eigenvalue weighted by atomic mass is 32.2. The van der Waals surface area contributed by atoms with Gasteiger partial charge in [0, 0.05) is 50.1 Å². The van der Waals surface area contributed by atoms with Crippen molar-refractivity contribution < 1.29 is 17.9 Å². The molecule has 0 spiro atoms. The van der Waals surface area contributed by atoms with Gasteiger partial charge in [0.15, 0.2) is 0 Å². The summed E-state index contributed by atoms with van der Waals surface area (Å²) in [5.74, 6) is 0.608. The molecule has 25 heavy (non-hydrogen) atoms. The van der Waals surface area contributed by atoms with Gasteiger partial charge in [0.05, 0.1) is 6.61 Å². The van der Waals surface area contributed by atoms with Crippen molar-refractivity contribution in [2.75, 3.05) is 44.1 Å². The number of carbonyl (C=O) groups excluding carboxylic acids is 1. The molecule has 0 bridgehead atoms. The Balaban J connectivity index is 1.57. The molecule has 8 heteroatoms. The molecule has 1 amide bonds. The fraction of sp³-hybridized carbons (Fsp3) is 0.588. The van der Waals surface area contributed by atoms with Gasteiger partial charge in [-0.1, -0.05) is 0 Å². The van der Waals surface area contributed by atoms with Crippen LogP contribution in [0, 0.1) is 5.92 Å². The topological polar surface area (TPSA) is 79.0 Å². The number of thiol groups is 1. The van der Waals surface area contributed by atoms with Crippen molar-refractivity contribution in [3.8, 4) is 0 Å². The molecule has 0 aliphatic carbocycles. The van der Waals surface area contributed by atoms with Gasteiger partial charge in [-0.3, -0.25) is 14.4 Å². The zero-order chi connectivity index (χ0) is 17.8. The first-order chi connectivity index (χ1) is 12.0. The molecule has 0 saturated carbocycles. The van der Waals surface area contributed by atoms with Crippen molar-refractivity contribution >= 4 is 22.5 Å². The highest BCUT2D eigenvalue weighted by Crippen LogP contribution is 2.19. The van der Waals surface area contributed by atoms with Crippen LogP contribution >= 0.6 is 0 Å². The first-order valence-electron chi connectivity index (χ1n) is 8.65. The van der Waals surface area contributed by atoms with E-state index in [0.717, 1.165) is 39.3 Å².